The van der Waals surface area contributed by atoms with Gasteiger partial charge in [-0.15, -0.1) is 13.2 Å². The van der Waals surface area contributed by atoms with E-state index in [1.165, 1.54) is 41.1 Å². The number of likely N-dealkylation sites (N-methyl/N-ethyl adjacent to an activating group) is 1. The number of halogens is 12. The lowest BCUT2D eigenvalue weighted by Crippen LogP contribution is -2.54. The first-order valence-electron chi connectivity index (χ1n) is 28.1. The summed E-state index contributed by atoms with van der Waals surface area (Å²) in [6, 6.07) is 11.3. The molecule has 0 bridgehead atoms. The number of aliphatic hydroxyl groups excluding tert-OH is 2. The number of benzene rings is 4. The minimum absolute atomic E-state index is 0.00377. The van der Waals surface area contributed by atoms with Crippen molar-refractivity contribution < 1.29 is 101 Å². The van der Waals surface area contributed by atoms with Gasteiger partial charge in [0, 0.05) is 95.3 Å². The summed E-state index contributed by atoms with van der Waals surface area (Å²) in [7, 11) is 1.38. The van der Waals surface area contributed by atoms with Crippen molar-refractivity contribution in [3.05, 3.63) is 137 Å². The molecule has 22 nitrogen and oxygen atoms in total. The zero-order chi connectivity index (χ0) is 69.1. The highest BCUT2D eigenvalue weighted by Gasteiger charge is 2.37. The molecule has 17 N–H and O–H groups in total. The smallest absolute Gasteiger partial charge is 0.406 e. The van der Waals surface area contributed by atoms with E-state index in [0.717, 1.165) is 65.6 Å². The molecule has 2 fully saturated rings. The van der Waals surface area contributed by atoms with E-state index in [4.69, 9.17) is 34.4 Å². The molecule has 6 rings (SSSR count). The number of aryl methyl sites for hydroxylation is 1. The van der Waals surface area contributed by atoms with Gasteiger partial charge >= 0.3 is 24.9 Å². The van der Waals surface area contributed by atoms with Gasteiger partial charge in [-0.1, -0.05) is 54.6 Å². The Morgan fingerprint density at radius 3 is 1.43 bits per heavy atom. The van der Waals surface area contributed by atoms with Crippen LogP contribution in [0.25, 0.3) is 0 Å². The lowest BCUT2D eigenvalue weighted by Gasteiger charge is -2.25. The third kappa shape index (κ3) is 24.6. The van der Waals surface area contributed by atoms with E-state index < -0.39 is 114 Å². The average Bonchev–Trinajstić information content (AvgIpc) is 1.09. The number of nitrogens with zero attached hydrogens (tertiary/aromatic N) is 3. The van der Waals surface area contributed by atoms with Crippen LogP contribution in [-0.4, -0.2) is 174 Å². The molecule has 0 spiro atoms. The summed E-state index contributed by atoms with van der Waals surface area (Å²) in [5, 5.41) is 27.7. The number of ether oxygens (including phenoxy) is 1. The van der Waals surface area contributed by atoms with Crippen molar-refractivity contribution in [3.63, 3.8) is 0 Å². The lowest BCUT2D eigenvalue weighted by molar-refractivity contribution is -0.274. The number of hydrogen-bond acceptors (Lipinski definition) is 16. The molecule has 4 aromatic carbocycles. The predicted molar refractivity (Wildman–Crippen MR) is 306 cm³/mol. The molecule has 9 atom stereocenters. The topological polar surface area (TPSA) is 371 Å². The van der Waals surface area contributed by atoms with Gasteiger partial charge in [0.05, 0.1) is 35.4 Å². The van der Waals surface area contributed by atoms with Crippen LogP contribution < -0.4 is 55.1 Å². The van der Waals surface area contributed by atoms with Gasteiger partial charge in [0.15, 0.2) is 5.78 Å². The van der Waals surface area contributed by atoms with Crippen molar-refractivity contribution in [3.8, 4) is 5.75 Å². The van der Waals surface area contributed by atoms with Crippen molar-refractivity contribution in [2.45, 2.75) is 118 Å². The Morgan fingerprint density at radius 1 is 0.598 bits per heavy atom. The Morgan fingerprint density at radius 2 is 1.02 bits per heavy atom. The summed E-state index contributed by atoms with van der Waals surface area (Å²) in [6.45, 7) is 0.351. The number of nitrogens with one attached hydrogen (secondary N) is 3. The normalized spacial score (nSPS) is 18.3. The molecule has 2 aliphatic heterocycles. The number of hydrogen-bond donors (Lipinski definition) is 11. The first kappa shape index (κ1) is 76.5. The monoisotopic (exact) mass is 1320 g/mol. The highest BCUT2D eigenvalue weighted by Crippen LogP contribution is 2.32. The molecule has 0 saturated carbocycles. The molecule has 0 radical (unpaired) electrons. The highest BCUT2D eigenvalue weighted by molar-refractivity contribution is 5.94. The van der Waals surface area contributed by atoms with Gasteiger partial charge in [-0.2, -0.15) is 39.5 Å². The van der Waals surface area contributed by atoms with Crippen LogP contribution in [0.1, 0.15) is 76.4 Å². The highest BCUT2D eigenvalue weighted by atomic mass is 19.4. The fourth-order valence-electron chi connectivity index (χ4n) is 8.91. The van der Waals surface area contributed by atoms with E-state index in [-0.39, 0.29) is 112 Å². The van der Waals surface area contributed by atoms with E-state index in [0.29, 0.717) is 30.8 Å². The summed E-state index contributed by atoms with van der Waals surface area (Å²) < 4.78 is 153. The number of rotatable bonds is 23. The van der Waals surface area contributed by atoms with Crippen molar-refractivity contribution in [1.82, 2.24) is 30.7 Å². The molecular weight excluding hydrogens is 1250 g/mol. The summed E-state index contributed by atoms with van der Waals surface area (Å²) in [5.74, 6) is -4.71. The summed E-state index contributed by atoms with van der Waals surface area (Å²) >= 11 is 0. The van der Waals surface area contributed by atoms with E-state index in [9.17, 15) is 96.5 Å². The predicted octanol–water partition coefficient (Wildman–Crippen LogP) is 2.61. The van der Waals surface area contributed by atoms with Crippen molar-refractivity contribution in [2.24, 2.45) is 34.4 Å². The van der Waals surface area contributed by atoms with Crippen LogP contribution in [-0.2, 0) is 53.7 Å². The Labute approximate surface area is 519 Å². The van der Waals surface area contributed by atoms with Crippen LogP contribution in [0.15, 0.2) is 103 Å². The largest absolute Gasteiger partial charge is 0.573 e. The van der Waals surface area contributed by atoms with Gasteiger partial charge in [-0.3, -0.25) is 33.6 Å². The molecule has 0 aliphatic carbocycles. The van der Waals surface area contributed by atoms with Crippen LogP contribution >= 0.6 is 0 Å². The zero-order valence-electron chi connectivity index (χ0n) is 49.2. The number of amides is 6. The third-order valence-electron chi connectivity index (χ3n) is 14.4. The summed E-state index contributed by atoms with van der Waals surface area (Å²) in [5.41, 5.74) is 32.9. The molecular formula is C58H72F12N12O10. The zero-order valence-corrected chi connectivity index (χ0v) is 49.2. The van der Waals surface area contributed by atoms with Gasteiger partial charge in [0.2, 0.25) is 29.5 Å². The fraction of sp³-hybridized carbons (Fsp3) is 0.466. The fourth-order valence-corrected chi connectivity index (χ4v) is 8.91. The Bertz CT molecular complexity index is 3040. The SMILES string of the molecule is CN(CCNC(=O)c1ccc(C(F)(F)F)cc1)C(=O)[C@H](CO)NC(=O)[C@@H](N)CCC(=O)N1C[C@@H](N)[C@@H](N)C1.FC(F)(F)c1ccccc1.N[C@@H]1CN(C(=O)CC[C@H](N)C(=O)NC(C(=O)CCc2ccc(OC(F)(F)F)cc2)[C@H](O)c2ccc(C(F)(F)F)cc2)C[C@@H]1N. The molecule has 2 saturated heterocycles. The van der Waals surface area contributed by atoms with Gasteiger partial charge in [-0.05, 0) is 78.9 Å². The maximum atomic E-state index is 13.2. The first-order valence-corrected chi connectivity index (χ1v) is 28.1. The Kier molecular flexibility index (Phi) is 28.3. The number of alkyl halides is 12. The maximum Gasteiger partial charge on any atom is 0.573 e. The molecule has 508 valence electrons. The minimum Gasteiger partial charge on any atom is -0.406 e. The number of nitrogens with two attached hydrogens (primary N) is 6. The molecule has 6 amide bonds. The standard InChI is InChI=1S/C28H33F6N5O5.C23H34F3N7O5.C7H5F3/c29-27(30,31)17-6-4-16(5-7-17)25(42)24(22(40)11-3-15-1-8-18(9-2-15)44-28(32,33)34)38-26(43)19(35)10-12-23(41)39-13-20(36)21(37)14-39;1-32(9-8-30-20(36)13-2-4-14(5-3-13)23(24,25)26)22(38)18(12-34)31-21(37)15(27)6-7-19(35)33-10-16(28)17(29)11-33;8-7(9,10)6-4-2-1-3-5-6/h1-2,4-9,19-21,24-25,42H,3,10-14,35-37H2,(H,38,43);2-5,15-18,34H,6-12,27-29H2,1H3,(H,30,36)(H,31,37);1-5H/t19-,20-,21+,24?,25+;15-,16-,17+,18-;/m00./s1. The molecule has 0 aromatic heterocycles. The molecule has 2 aliphatic rings. The lowest BCUT2D eigenvalue weighted by atomic mass is 9.94. The molecule has 4 aromatic rings. The molecule has 2 heterocycles. The first-order chi connectivity index (χ1) is 42.8. The van der Waals surface area contributed by atoms with Gasteiger partial charge < -0.3 is 80.0 Å². The second kappa shape index (κ2) is 34.1. The van der Waals surface area contributed by atoms with Crippen LogP contribution in [0.3, 0.4) is 0 Å². The average molecular weight is 1330 g/mol. The number of carbonyl (C=O) groups is 7. The molecule has 92 heavy (non-hydrogen) atoms. The number of likely N-dealkylation sites (tertiary alicyclic amines) is 2. The van der Waals surface area contributed by atoms with E-state index >= 15 is 0 Å². The van der Waals surface area contributed by atoms with E-state index in [2.05, 4.69) is 20.7 Å². The van der Waals surface area contributed by atoms with Gasteiger partial charge in [0.25, 0.3) is 5.91 Å². The van der Waals surface area contributed by atoms with Crippen LogP contribution in [0.4, 0.5) is 52.7 Å². The van der Waals surface area contributed by atoms with Crippen molar-refractivity contribution >= 4 is 41.2 Å². The van der Waals surface area contributed by atoms with Crippen LogP contribution in [0, 0.1) is 0 Å². The molecule has 34 heteroatoms. The summed E-state index contributed by atoms with van der Waals surface area (Å²) in [6.07, 6.45) is -20.7. The van der Waals surface area contributed by atoms with Crippen molar-refractivity contribution in [2.75, 3.05) is 52.9 Å². The second-order valence-electron chi connectivity index (χ2n) is 21.5. The maximum absolute atomic E-state index is 13.2. The number of Topliss-reactive ketones (excluding diaryl/α,β-unsaturated/α-hetero) is 1. The second-order valence-corrected chi connectivity index (χ2v) is 21.5. The van der Waals surface area contributed by atoms with E-state index in [1.807, 2.05) is 0 Å². The third-order valence-corrected chi connectivity index (χ3v) is 14.4. The minimum atomic E-state index is -4.89. The summed E-state index contributed by atoms with van der Waals surface area (Å²) in [4.78, 5) is 92.2. The van der Waals surface area contributed by atoms with Crippen molar-refractivity contribution in [1.29, 1.82) is 0 Å². The van der Waals surface area contributed by atoms with E-state index in [1.54, 1.807) is 6.07 Å². The number of ketones is 1. The number of aliphatic hydroxyl groups is 2. The van der Waals surface area contributed by atoms with Crippen LogP contribution in [0.2, 0.25) is 0 Å². The van der Waals surface area contributed by atoms with Gasteiger partial charge in [0.1, 0.15) is 23.9 Å². The molecule has 1 unspecified atom stereocenters. The Hall–Kier alpha value is -7.99. The quantitative estimate of drug-likeness (QED) is 0.0476. The van der Waals surface area contributed by atoms with Crippen LogP contribution in [0.5, 0.6) is 5.75 Å². The number of carbonyl (C=O) groups excluding carboxylic acids is 7. The van der Waals surface area contributed by atoms with Gasteiger partial charge in [-0.25, -0.2) is 0 Å². The Balaban J connectivity index is 0.000000342.